The molecule has 3 rings (SSSR count). The van der Waals surface area contributed by atoms with Gasteiger partial charge in [0.05, 0.1) is 6.10 Å². The Morgan fingerprint density at radius 1 is 1.35 bits per heavy atom. The topological polar surface area (TPSA) is 29.5 Å². The van der Waals surface area contributed by atoms with E-state index in [1.54, 1.807) is 0 Å². The third-order valence-corrected chi connectivity index (χ3v) is 5.33. The van der Waals surface area contributed by atoms with Crippen molar-refractivity contribution in [3.05, 3.63) is 21.4 Å². The van der Waals surface area contributed by atoms with Crippen LogP contribution in [0, 0.1) is 5.92 Å². The molecule has 1 unspecified atom stereocenters. The molecule has 0 spiro atoms. The zero-order valence-corrected chi connectivity index (χ0v) is 11.0. The predicted octanol–water partition coefficient (Wildman–Crippen LogP) is 3.09. The number of aliphatic hydroxyl groups excluding tert-OH is 1. The molecule has 2 nitrogen and oxygen atoms in total. The second-order valence-electron chi connectivity index (χ2n) is 5.26. The van der Waals surface area contributed by atoms with Crippen LogP contribution in [0.4, 0.5) is 0 Å². The minimum absolute atomic E-state index is 0.242. The van der Waals surface area contributed by atoms with E-state index in [0.29, 0.717) is 5.92 Å². The maximum absolute atomic E-state index is 10.3. The number of hydrogen-bond donors (Lipinski definition) is 1. The summed E-state index contributed by atoms with van der Waals surface area (Å²) in [5.41, 5.74) is 1.50. The summed E-state index contributed by atoms with van der Waals surface area (Å²) in [5.74, 6) is 0.649. The largest absolute Gasteiger partial charge is 0.388 e. The fourth-order valence-corrected chi connectivity index (χ4v) is 4.19. The number of aliphatic hydroxyl groups is 1. The van der Waals surface area contributed by atoms with Crippen LogP contribution in [0.1, 0.15) is 47.1 Å². The van der Waals surface area contributed by atoms with Gasteiger partial charge in [-0.3, -0.25) is 0 Å². The van der Waals surface area contributed by atoms with E-state index < -0.39 is 0 Å². The summed E-state index contributed by atoms with van der Waals surface area (Å²) in [7, 11) is 0. The minimum atomic E-state index is -0.242. The molecule has 3 heteroatoms. The van der Waals surface area contributed by atoms with Gasteiger partial charge < -0.3 is 9.84 Å². The number of rotatable bonds is 3. The monoisotopic (exact) mass is 252 g/mol. The molecule has 1 aromatic rings. The maximum atomic E-state index is 10.3. The quantitative estimate of drug-likeness (QED) is 0.895. The first-order valence-corrected chi connectivity index (χ1v) is 7.52. The van der Waals surface area contributed by atoms with Crippen molar-refractivity contribution in [3.8, 4) is 0 Å². The molecule has 0 aromatic carbocycles. The number of fused-ring (bicyclic) bond motifs is 1. The van der Waals surface area contributed by atoms with E-state index in [2.05, 4.69) is 6.07 Å². The molecule has 0 bridgehead atoms. The van der Waals surface area contributed by atoms with Gasteiger partial charge in [-0.2, -0.15) is 0 Å². The molecule has 0 radical (unpaired) electrons. The smallest absolute Gasteiger partial charge is 0.0884 e. The Balaban J connectivity index is 1.62. The van der Waals surface area contributed by atoms with E-state index in [0.717, 1.165) is 32.5 Å². The van der Waals surface area contributed by atoms with Crippen LogP contribution >= 0.6 is 11.3 Å². The maximum Gasteiger partial charge on any atom is 0.0884 e. The molecule has 1 fully saturated rings. The fourth-order valence-electron chi connectivity index (χ4n) is 2.93. The third-order valence-electron chi connectivity index (χ3n) is 3.99. The van der Waals surface area contributed by atoms with Crippen molar-refractivity contribution in [3.63, 3.8) is 0 Å². The highest BCUT2D eigenvalue weighted by atomic mass is 32.1. The van der Waals surface area contributed by atoms with Gasteiger partial charge in [-0.15, -0.1) is 11.3 Å². The lowest BCUT2D eigenvalue weighted by Gasteiger charge is -2.23. The van der Waals surface area contributed by atoms with Gasteiger partial charge in [-0.05, 0) is 56.1 Å². The van der Waals surface area contributed by atoms with Gasteiger partial charge in [0.15, 0.2) is 0 Å². The van der Waals surface area contributed by atoms with E-state index in [4.69, 9.17) is 4.74 Å². The molecule has 2 heterocycles. The van der Waals surface area contributed by atoms with Crippen LogP contribution in [0.25, 0.3) is 0 Å². The summed E-state index contributed by atoms with van der Waals surface area (Å²) in [6.45, 7) is 1.75. The van der Waals surface area contributed by atoms with Crippen LogP contribution in [-0.2, 0) is 17.6 Å². The predicted molar refractivity (Wildman–Crippen MR) is 69.5 cm³/mol. The standard InChI is InChI=1S/C14H20O2S/c15-12(8-10-4-6-16-7-5-10)14-9-11-2-1-3-13(11)17-14/h9-10,12,15H,1-8H2. The summed E-state index contributed by atoms with van der Waals surface area (Å²) in [4.78, 5) is 2.72. The molecule has 1 N–H and O–H groups in total. The number of hydrogen-bond acceptors (Lipinski definition) is 3. The molecule has 1 atom stereocenters. The van der Waals surface area contributed by atoms with E-state index in [1.807, 2.05) is 11.3 Å². The van der Waals surface area contributed by atoms with Gasteiger partial charge in [-0.1, -0.05) is 0 Å². The Morgan fingerprint density at radius 2 is 2.18 bits per heavy atom. The lowest BCUT2D eigenvalue weighted by molar-refractivity contribution is 0.0442. The average Bonchev–Trinajstić information content (AvgIpc) is 2.90. The van der Waals surface area contributed by atoms with E-state index in [9.17, 15) is 5.11 Å². The number of aryl methyl sites for hydroxylation is 2. The first kappa shape index (κ1) is 11.7. The van der Waals surface area contributed by atoms with E-state index in [-0.39, 0.29) is 6.10 Å². The molecule has 17 heavy (non-hydrogen) atoms. The average molecular weight is 252 g/mol. The Morgan fingerprint density at radius 3 is 2.94 bits per heavy atom. The summed E-state index contributed by atoms with van der Waals surface area (Å²) < 4.78 is 5.36. The van der Waals surface area contributed by atoms with Crippen molar-refractivity contribution in [2.24, 2.45) is 5.92 Å². The molecule has 94 valence electrons. The normalized spacial score (nSPS) is 22.6. The second-order valence-corrected chi connectivity index (χ2v) is 6.43. The molecular weight excluding hydrogens is 232 g/mol. The van der Waals surface area contributed by atoms with Crippen LogP contribution in [0.5, 0.6) is 0 Å². The van der Waals surface area contributed by atoms with E-state index in [1.165, 1.54) is 34.6 Å². The van der Waals surface area contributed by atoms with Gasteiger partial charge in [-0.25, -0.2) is 0 Å². The van der Waals surface area contributed by atoms with Crippen molar-refractivity contribution in [2.45, 2.75) is 44.6 Å². The Labute approximate surface area is 107 Å². The lowest BCUT2D eigenvalue weighted by Crippen LogP contribution is -2.17. The SMILES string of the molecule is OC(CC1CCOCC1)c1cc2c(s1)CCC2. The molecule has 1 aliphatic heterocycles. The molecule has 0 saturated carbocycles. The molecule has 1 saturated heterocycles. The zero-order chi connectivity index (χ0) is 11.7. The summed E-state index contributed by atoms with van der Waals surface area (Å²) in [5, 5.41) is 10.3. The van der Waals surface area contributed by atoms with Crippen LogP contribution < -0.4 is 0 Å². The van der Waals surface area contributed by atoms with Crippen LogP contribution in [0.3, 0.4) is 0 Å². The molecule has 1 aliphatic carbocycles. The molecule has 1 aromatic heterocycles. The summed E-state index contributed by atoms with van der Waals surface area (Å²) >= 11 is 1.84. The number of thiophene rings is 1. The van der Waals surface area contributed by atoms with Gasteiger partial charge in [0.25, 0.3) is 0 Å². The van der Waals surface area contributed by atoms with Crippen molar-refractivity contribution >= 4 is 11.3 Å². The van der Waals surface area contributed by atoms with Crippen molar-refractivity contribution in [2.75, 3.05) is 13.2 Å². The highest BCUT2D eigenvalue weighted by molar-refractivity contribution is 7.12. The fraction of sp³-hybridized carbons (Fsp3) is 0.714. The van der Waals surface area contributed by atoms with Gasteiger partial charge >= 0.3 is 0 Å². The van der Waals surface area contributed by atoms with Crippen LogP contribution in [0.2, 0.25) is 0 Å². The van der Waals surface area contributed by atoms with Crippen LogP contribution in [-0.4, -0.2) is 18.3 Å². The Hall–Kier alpha value is -0.380. The van der Waals surface area contributed by atoms with Crippen molar-refractivity contribution < 1.29 is 9.84 Å². The molecule has 0 amide bonds. The highest BCUT2D eigenvalue weighted by Crippen LogP contribution is 2.36. The second kappa shape index (κ2) is 5.09. The van der Waals surface area contributed by atoms with Gasteiger partial charge in [0.2, 0.25) is 0 Å². The lowest BCUT2D eigenvalue weighted by atomic mass is 9.93. The molecular formula is C14H20O2S. The first-order valence-electron chi connectivity index (χ1n) is 6.70. The van der Waals surface area contributed by atoms with Crippen LogP contribution in [0.15, 0.2) is 6.07 Å². The molecule has 2 aliphatic rings. The van der Waals surface area contributed by atoms with E-state index >= 15 is 0 Å². The van der Waals surface area contributed by atoms with Crippen molar-refractivity contribution in [1.29, 1.82) is 0 Å². The first-order chi connectivity index (χ1) is 8.33. The zero-order valence-electron chi connectivity index (χ0n) is 10.2. The minimum Gasteiger partial charge on any atom is -0.388 e. The van der Waals surface area contributed by atoms with Gasteiger partial charge in [0, 0.05) is 23.0 Å². The third kappa shape index (κ3) is 2.56. The number of ether oxygens (including phenoxy) is 1. The Kier molecular flexibility index (Phi) is 3.50. The van der Waals surface area contributed by atoms with Gasteiger partial charge in [0.1, 0.15) is 0 Å². The summed E-state index contributed by atoms with van der Waals surface area (Å²) in [6, 6.07) is 2.25. The van der Waals surface area contributed by atoms with Crippen molar-refractivity contribution in [1.82, 2.24) is 0 Å². The Bertz CT molecular complexity index is 358. The summed E-state index contributed by atoms with van der Waals surface area (Å²) in [6.07, 6.45) is 6.65. The highest BCUT2D eigenvalue weighted by Gasteiger charge is 2.22.